The van der Waals surface area contributed by atoms with E-state index in [9.17, 15) is 8.42 Å². The number of aromatic nitrogens is 1. The van der Waals surface area contributed by atoms with Crippen molar-refractivity contribution in [1.82, 2.24) is 9.71 Å². The van der Waals surface area contributed by atoms with Crippen LogP contribution in [0.15, 0.2) is 47.5 Å². The van der Waals surface area contributed by atoms with Crippen LogP contribution in [-0.4, -0.2) is 27.5 Å². The molecule has 0 aliphatic heterocycles. The van der Waals surface area contributed by atoms with Gasteiger partial charge in [0.05, 0.1) is 0 Å². The third-order valence-corrected chi connectivity index (χ3v) is 4.78. The second-order valence-electron chi connectivity index (χ2n) is 4.68. The fourth-order valence-electron chi connectivity index (χ4n) is 1.74. The summed E-state index contributed by atoms with van der Waals surface area (Å²) in [6.45, 7) is 0.196. The monoisotopic (exact) mass is 325 g/mol. The summed E-state index contributed by atoms with van der Waals surface area (Å²) in [5.41, 5.74) is 1.92. The first-order chi connectivity index (χ1) is 9.90. The van der Waals surface area contributed by atoms with Crippen molar-refractivity contribution >= 4 is 27.3 Å². The molecule has 0 spiro atoms. The van der Waals surface area contributed by atoms with Gasteiger partial charge in [-0.3, -0.25) is 0 Å². The van der Waals surface area contributed by atoms with E-state index in [0.29, 0.717) is 0 Å². The molecule has 1 aromatic heterocycles. The quantitative estimate of drug-likeness (QED) is 0.857. The molecule has 7 heteroatoms. The molecule has 1 N–H and O–H groups in total. The molecule has 2 rings (SSSR count). The fraction of sp³-hybridized carbons (Fsp3) is 0.214. The Morgan fingerprint density at radius 3 is 2.43 bits per heavy atom. The van der Waals surface area contributed by atoms with Crippen LogP contribution < -0.4 is 9.62 Å². The largest absolute Gasteiger partial charge is 0.378 e. The second-order valence-corrected chi connectivity index (χ2v) is 6.77. The van der Waals surface area contributed by atoms with Crippen LogP contribution in [0.2, 0.25) is 5.15 Å². The van der Waals surface area contributed by atoms with Gasteiger partial charge in [0, 0.05) is 32.5 Å². The van der Waals surface area contributed by atoms with Crippen LogP contribution in [-0.2, 0) is 16.6 Å². The van der Waals surface area contributed by atoms with E-state index in [4.69, 9.17) is 11.6 Å². The number of halogens is 1. The van der Waals surface area contributed by atoms with E-state index >= 15 is 0 Å². The van der Waals surface area contributed by atoms with E-state index in [1.54, 1.807) is 0 Å². The van der Waals surface area contributed by atoms with Crippen LogP contribution >= 0.6 is 11.6 Å². The Morgan fingerprint density at radius 1 is 1.19 bits per heavy atom. The number of rotatable bonds is 5. The topological polar surface area (TPSA) is 62.3 Å². The second kappa shape index (κ2) is 6.43. The SMILES string of the molecule is CN(C)c1ccc(CNS(=O)(=O)c2cccnc2Cl)cc1. The van der Waals surface area contributed by atoms with E-state index in [-0.39, 0.29) is 16.6 Å². The van der Waals surface area contributed by atoms with Crippen LogP contribution in [0.25, 0.3) is 0 Å². The molecule has 1 heterocycles. The highest BCUT2D eigenvalue weighted by atomic mass is 35.5. The summed E-state index contributed by atoms with van der Waals surface area (Å²) in [4.78, 5) is 5.73. The first-order valence-corrected chi connectivity index (χ1v) is 8.13. The maximum Gasteiger partial charge on any atom is 0.243 e. The number of sulfonamides is 1. The summed E-state index contributed by atoms with van der Waals surface area (Å²) in [7, 11) is 0.223. The number of hydrogen-bond donors (Lipinski definition) is 1. The van der Waals surface area contributed by atoms with Crippen molar-refractivity contribution in [2.45, 2.75) is 11.4 Å². The van der Waals surface area contributed by atoms with Crippen molar-refractivity contribution in [3.05, 3.63) is 53.3 Å². The predicted octanol–water partition coefficient (Wildman–Crippen LogP) is 2.28. The molecule has 0 bridgehead atoms. The van der Waals surface area contributed by atoms with Gasteiger partial charge in [-0.05, 0) is 29.8 Å². The van der Waals surface area contributed by atoms with Gasteiger partial charge in [0.2, 0.25) is 10.0 Å². The minimum atomic E-state index is -3.67. The van der Waals surface area contributed by atoms with Crippen molar-refractivity contribution in [2.24, 2.45) is 0 Å². The van der Waals surface area contributed by atoms with Crippen LogP contribution in [0.1, 0.15) is 5.56 Å². The van der Waals surface area contributed by atoms with Crippen LogP contribution in [0.4, 0.5) is 5.69 Å². The molecule has 112 valence electrons. The van der Waals surface area contributed by atoms with Crippen molar-refractivity contribution in [3.63, 3.8) is 0 Å². The highest BCUT2D eigenvalue weighted by Gasteiger charge is 2.17. The number of benzene rings is 1. The van der Waals surface area contributed by atoms with Gasteiger partial charge in [0.1, 0.15) is 10.0 Å². The molecule has 0 saturated carbocycles. The lowest BCUT2D eigenvalue weighted by molar-refractivity contribution is 0.581. The van der Waals surface area contributed by atoms with Gasteiger partial charge < -0.3 is 4.90 Å². The Morgan fingerprint density at radius 2 is 1.86 bits per heavy atom. The average molecular weight is 326 g/mol. The lowest BCUT2D eigenvalue weighted by Crippen LogP contribution is -2.23. The summed E-state index contributed by atoms with van der Waals surface area (Å²) < 4.78 is 26.8. The van der Waals surface area contributed by atoms with Gasteiger partial charge in [-0.15, -0.1) is 0 Å². The number of nitrogens with zero attached hydrogens (tertiary/aromatic N) is 2. The average Bonchev–Trinajstić information content (AvgIpc) is 2.46. The van der Waals surface area contributed by atoms with E-state index in [1.807, 2.05) is 43.3 Å². The highest BCUT2D eigenvalue weighted by Crippen LogP contribution is 2.18. The first kappa shape index (κ1) is 15.8. The molecule has 21 heavy (non-hydrogen) atoms. The Hall–Kier alpha value is -1.63. The summed E-state index contributed by atoms with van der Waals surface area (Å²) >= 11 is 5.81. The first-order valence-electron chi connectivity index (χ1n) is 6.26. The van der Waals surface area contributed by atoms with Crippen molar-refractivity contribution in [1.29, 1.82) is 0 Å². The van der Waals surface area contributed by atoms with Gasteiger partial charge in [-0.25, -0.2) is 18.1 Å². The van der Waals surface area contributed by atoms with E-state index in [0.717, 1.165) is 11.3 Å². The van der Waals surface area contributed by atoms with E-state index in [1.165, 1.54) is 18.3 Å². The zero-order valence-corrected chi connectivity index (χ0v) is 13.3. The normalized spacial score (nSPS) is 11.4. The Kier molecular flexibility index (Phi) is 4.82. The molecule has 1 aromatic carbocycles. The van der Waals surface area contributed by atoms with Crippen LogP contribution in [0, 0.1) is 0 Å². The number of pyridine rings is 1. The van der Waals surface area contributed by atoms with Crippen molar-refractivity contribution in [2.75, 3.05) is 19.0 Å². The predicted molar refractivity (Wildman–Crippen MR) is 84.0 cm³/mol. The smallest absolute Gasteiger partial charge is 0.243 e. The third-order valence-electron chi connectivity index (χ3n) is 2.93. The molecule has 0 aliphatic rings. The highest BCUT2D eigenvalue weighted by molar-refractivity contribution is 7.89. The lowest BCUT2D eigenvalue weighted by atomic mass is 10.2. The maximum atomic E-state index is 12.2. The minimum Gasteiger partial charge on any atom is -0.378 e. The summed E-state index contributed by atoms with van der Waals surface area (Å²) in [6.07, 6.45) is 1.45. The van der Waals surface area contributed by atoms with Gasteiger partial charge in [-0.1, -0.05) is 23.7 Å². The standard InChI is InChI=1S/C14H16ClN3O2S/c1-18(2)12-7-5-11(6-8-12)10-17-21(19,20)13-4-3-9-16-14(13)15/h3-9,17H,10H2,1-2H3. The molecule has 2 aromatic rings. The van der Waals surface area contributed by atoms with Gasteiger partial charge >= 0.3 is 0 Å². The Bertz CT molecular complexity index is 715. The molecule has 0 atom stereocenters. The molecule has 0 saturated heterocycles. The fourth-order valence-corrected chi connectivity index (χ4v) is 3.21. The van der Waals surface area contributed by atoms with Crippen LogP contribution in [0.3, 0.4) is 0 Å². The van der Waals surface area contributed by atoms with Gasteiger partial charge in [-0.2, -0.15) is 0 Å². The molecule has 0 radical (unpaired) electrons. The minimum absolute atomic E-state index is 0.0171. The van der Waals surface area contributed by atoms with Crippen LogP contribution in [0.5, 0.6) is 0 Å². The number of nitrogens with one attached hydrogen (secondary N) is 1. The molecule has 5 nitrogen and oxygen atoms in total. The molecule has 0 amide bonds. The zero-order chi connectivity index (χ0) is 15.5. The van der Waals surface area contributed by atoms with Crippen molar-refractivity contribution in [3.8, 4) is 0 Å². The molecular formula is C14H16ClN3O2S. The molecule has 0 unspecified atom stereocenters. The maximum absolute atomic E-state index is 12.2. The summed E-state index contributed by atoms with van der Waals surface area (Å²) in [6, 6.07) is 10.6. The van der Waals surface area contributed by atoms with Crippen molar-refractivity contribution < 1.29 is 8.42 Å². The molecule has 0 fully saturated rings. The molecule has 0 aliphatic carbocycles. The lowest BCUT2D eigenvalue weighted by Gasteiger charge is -2.13. The zero-order valence-electron chi connectivity index (χ0n) is 11.7. The third kappa shape index (κ3) is 3.93. The Labute approximate surface area is 129 Å². The molecular weight excluding hydrogens is 310 g/mol. The summed E-state index contributed by atoms with van der Waals surface area (Å²) in [5, 5.41) is -0.0343. The number of anilines is 1. The van der Waals surface area contributed by atoms with Gasteiger partial charge in [0.25, 0.3) is 0 Å². The summed E-state index contributed by atoms with van der Waals surface area (Å²) in [5.74, 6) is 0. The number of hydrogen-bond acceptors (Lipinski definition) is 4. The van der Waals surface area contributed by atoms with Gasteiger partial charge in [0.15, 0.2) is 0 Å². The van der Waals surface area contributed by atoms with E-state index < -0.39 is 10.0 Å². The van der Waals surface area contributed by atoms with E-state index in [2.05, 4.69) is 9.71 Å². The Balaban J connectivity index is 2.10.